The average Bonchev–Trinajstić information content (AvgIpc) is 2.23. The largest absolute Gasteiger partial charge is 1.00 e. The Labute approximate surface area is 226 Å². The Morgan fingerprint density at radius 1 is 0.792 bits per heavy atom. The average molecular weight is 380 g/mol. The van der Waals surface area contributed by atoms with Gasteiger partial charge in [-0.25, -0.2) is 0 Å². The van der Waals surface area contributed by atoms with Crippen molar-refractivity contribution in [2.45, 2.75) is 30.8 Å². The van der Waals surface area contributed by atoms with E-state index >= 15 is 0 Å². The third-order valence-corrected chi connectivity index (χ3v) is 2.60. The molecule has 3 N–H and O–H groups in total. The van der Waals surface area contributed by atoms with E-state index in [4.69, 9.17) is 5.73 Å². The molecule has 0 amide bonds. The van der Waals surface area contributed by atoms with Crippen LogP contribution in [0, 0.1) is 0 Å². The first-order valence-corrected chi connectivity index (χ1v) is 5.39. The molecular formula is C10H12N2Na4O8. The number of hydrogen-bond acceptors (Lipinski definition) is 10. The summed E-state index contributed by atoms with van der Waals surface area (Å²) in [6.07, 6.45) is -2.94. The summed E-state index contributed by atoms with van der Waals surface area (Å²) < 4.78 is 0. The van der Waals surface area contributed by atoms with Gasteiger partial charge in [-0.05, 0) is 0 Å². The minimum Gasteiger partial charge on any atom is -0.550 e. The molecule has 0 aromatic carbocycles. The van der Waals surface area contributed by atoms with Gasteiger partial charge in [0.25, 0.3) is 0 Å². The zero-order chi connectivity index (χ0) is 15.9. The van der Waals surface area contributed by atoms with Crippen LogP contribution in [-0.4, -0.2) is 42.0 Å². The Morgan fingerprint density at radius 3 is 1.42 bits per heavy atom. The first kappa shape index (κ1) is 36.7. The summed E-state index contributed by atoms with van der Waals surface area (Å²) in [5.74, 6) is -6.81. The van der Waals surface area contributed by atoms with E-state index in [0.29, 0.717) is 0 Å². The Morgan fingerprint density at radius 2 is 1.17 bits per heavy atom. The van der Waals surface area contributed by atoms with Gasteiger partial charge >= 0.3 is 118 Å². The van der Waals surface area contributed by atoms with E-state index in [1.54, 1.807) is 0 Å². The number of rotatable bonds is 10. The summed E-state index contributed by atoms with van der Waals surface area (Å²) in [6, 6.07) is -1.55. The van der Waals surface area contributed by atoms with Crippen molar-refractivity contribution in [2.24, 2.45) is 5.73 Å². The van der Waals surface area contributed by atoms with E-state index in [2.05, 4.69) is 5.32 Å². The second-order valence-electron chi connectivity index (χ2n) is 4.16. The molecule has 0 aliphatic rings. The summed E-state index contributed by atoms with van der Waals surface area (Å²) in [4.78, 5) is 42.3. The zero-order valence-electron chi connectivity index (χ0n) is 14.2. The summed E-state index contributed by atoms with van der Waals surface area (Å²) in [5, 5.41) is 44.3. The van der Waals surface area contributed by atoms with Crippen molar-refractivity contribution in [3.8, 4) is 0 Å². The van der Waals surface area contributed by atoms with Crippen molar-refractivity contribution in [2.75, 3.05) is 6.54 Å². The minimum absolute atomic E-state index is 0. The van der Waals surface area contributed by atoms with Gasteiger partial charge in [0.1, 0.15) is 0 Å². The monoisotopic (exact) mass is 380 g/mol. The normalized spacial score (nSPS) is 10.5. The number of hydrogen-bond donors (Lipinski definition) is 2. The number of aliphatic carboxylic acids is 4. The van der Waals surface area contributed by atoms with Gasteiger partial charge in [-0.1, -0.05) is 0 Å². The SMILES string of the molecule is NC(CC(=O)[O-])C(CC(=O)[O-])(CC(=O)[O-])NCC(=O)[O-].[Na+].[Na+].[Na+].[Na+]. The van der Waals surface area contributed by atoms with E-state index < -0.39 is 61.3 Å². The number of carbonyl (C=O) groups excluding carboxylic acids is 4. The van der Waals surface area contributed by atoms with E-state index in [-0.39, 0.29) is 118 Å². The van der Waals surface area contributed by atoms with Crippen molar-refractivity contribution < 1.29 is 158 Å². The van der Waals surface area contributed by atoms with Crippen LogP contribution in [0.4, 0.5) is 0 Å². The third-order valence-electron chi connectivity index (χ3n) is 2.60. The zero-order valence-corrected chi connectivity index (χ0v) is 22.2. The second-order valence-corrected chi connectivity index (χ2v) is 4.16. The maximum absolute atomic E-state index is 10.7. The van der Waals surface area contributed by atoms with Crippen molar-refractivity contribution in [1.82, 2.24) is 5.32 Å². The molecule has 0 aromatic heterocycles. The van der Waals surface area contributed by atoms with Crippen LogP contribution in [0.3, 0.4) is 0 Å². The summed E-state index contributed by atoms with van der Waals surface area (Å²) >= 11 is 0. The molecule has 0 fully saturated rings. The van der Waals surface area contributed by atoms with Crippen LogP contribution in [-0.2, 0) is 19.2 Å². The van der Waals surface area contributed by atoms with Crippen LogP contribution < -0.4 is 150 Å². The van der Waals surface area contributed by atoms with Gasteiger partial charge < -0.3 is 50.7 Å². The minimum atomic E-state index is -2.07. The predicted octanol–water partition coefficient (Wildman–Crippen LogP) is -19.2. The van der Waals surface area contributed by atoms with Gasteiger partial charge in [0, 0.05) is 55.3 Å². The summed E-state index contributed by atoms with van der Waals surface area (Å²) in [7, 11) is 0. The first-order chi connectivity index (χ1) is 9.09. The van der Waals surface area contributed by atoms with Gasteiger partial charge in [0.15, 0.2) is 0 Å². The molecule has 24 heavy (non-hydrogen) atoms. The molecule has 114 valence electrons. The molecule has 0 rings (SSSR count). The number of carbonyl (C=O) groups is 4. The van der Waals surface area contributed by atoms with E-state index in [0.717, 1.165) is 0 Å². The van der Waals surface area contributed by atoms with Crippen LogP contribution in [0.2, 0.25) is 0 Å². The Kier molecular flexibility index (Phi) is 27.8. The molecule has 0 aliphatic heterocycles. The fourth-order valence-electron chi connectivity index (χ4n) is 1.72. The van der Waals surface area contributed by atoms with Gasteiger partial charge in [-0.3, -0.25) is 0 Å². The topological polar surface area (TPSA) is 199 Å². The summed E-state index contributed by atoms with van der Waals surface area (Å²) in [6.45, 7) is -0.929. The van der Waals surface area contributed by atoms with Gasteiger partial charge in [0.05, 0.1) is 5.97 Å². The molecular weight excluding hydrogens is 368 g/mol. The van der Waals surface area contributed by atoms with Crippen molar-refractivity contribution in [3.63, 3.8) is 0 Å². The number of carboxylic acid groups (broad SMARTS) is 4. The first-order valence-electron chi connectivity index (χ1n) is 5.39. The molecule has 10 nitrogen and oxygen atoms in total. The molecule has 0 bridgehead atoms. The Balaban J connectivity index is -0.000000301. The van der Waals surface area contributed by atoms with E-state index in [9.17, 15) is 39.6 Å². The molecule has 0 saturated heterocycles. The van der Waals surface area contributed by atoms with Crippen LogP contribution >= 0.6 is 0 Å². The molecule has 0 saturated carbocycles. The summed E-state index contributed by atoms with van der Waals surface area (Å²) in [5.41, 5.74) is 3.39. The van der Waals surface area contributed by atoms with E-state index in [1.807, 2.05) is 0 Å². The van der Waals surface area contributed by atoms with Crippen molar-refractivity contribution in [1.29, 1.82) is 0 Å². The molecule has 0 heterocycles. The molecule has 14 heteroatoms. The predicted molar refractivity (Wildman–Crippen MR) is 52.6 cm³/mol. The molecule has 1 atom stereocenters. The maximum Gasteiger partial charge on any atom is 1.00 e. The van der Waals surface area contributed by atoms with Crippen LogP contribution in [0.5, 0.6) is 0 Å². The van der Waals surface area contributed by atoms with Crippen molar-refractivity contribution >= 4 is 23.9 Å². The number of carboxylic acids is 4. The van der Waals surface area contributed by atoms with Crippen LogP contribution in [0.15, 0.2) is 0 Å². The molecule has 0 aromatic rings. The van der Waals surface area contributed by atoms with Crippen molar-refractivity contribution in [3.05, 3.63) is 0 Å². The molecule has 0 aliphatic carbocycles. The van der Waals surface area contributed by atoms with Gasteiger partial charge in [-0.15, -0.1) is 0 Å². The number of nitrogens with two attached hydrogens (primary N) is 1. The maximum atomic E-state index is 10.7. The second kappa shape index (κ2) is 18.2. The quantitative estimate of drug-likeness (QED) is 0.343. The molecule has 1 unspecified atom stereocenters. The van der Waals surface area contributed by atoms with Crippen LogP contribution in [0.25, 0.3) is 0 Å². The molecule has 0 spiro atoms. The number of nitrogens with one attached hydrogen (secondary N) is 1. The standard InChI is InChI=1S/C10H16N2O8.4Na/c11-5(1-6(13)14)10(2-7(15)16,3-8(17)18)12-4-9(19)20;;;;/h5,12H,1-4,11H2,(H,13,14)(H,15,16)(H,17,18)(H,19,20);;;;/q;4*+1/p-4. The Hall–Kier alpha value is 1.80. The van der Waals surface area contributed by atoms with Gasteiger partial charge in [0.2, 0.25) is 0 Å². The fourth-order valence-corrected chi connectivity index (χ4v) is 1.72. The Bertz CT molecular complexity index is 408. The fraction of sp³-hybridized carbons (Fsp3) is 0.600. The van der Waals surface area contributed by atoms with E-state index in [1.165, 1.54) is 0 Å². The third kappa shape index (κ3) is 16.0. The molecule has 0 radical (unpaired) electrons. The smallest absolute Gasteiger partial charge is 0.550 e. The van der Waals surface area contributed by atoms with Crippen LogP contribution in [0.1, 0.15) is 19.3 Å². The van der Waals surface area contributed by atoms with Gasteiger partial charge in [-0.2, -0.15) is 0 Å².